The molecule has 0 spiro atoms. The molecule has 1 heterocycles. The van der Waals surface area contributed by atoms with Crippen molar-refractivity contribution in [2.75, 3.05) is 11.9 Å². The van der Waals surface area contributed by atoms with Crippen molar-refractivity contribution in [1.82, 2.24) is 0 Å². The predicted octanol–water partition coefficient (Wildman–Crippen LogP) is 0.941. The van der Waals surface area contributed by atoms with E-state index in [4.69, 9.17) is 4.74 Å². The minimum absolute atomic E-state index is 0.0722. The molecule has 0 aromatic heterocycles. The van der Waals surface area contributed by atoms with Crippen LogP contribution >= 0.6 is 0 Å². The number of amides is 1. The molecule has 1 aromatic carbocycles. The lowest BCUT2D eigenvalue weighted by Gasteiger charge is -2.18. The highest BCUT2D eigenvalue weighted by atomic mass is 16.5. The number of benzene rings is 1. The van der Waals surface area contributed by atoms with Crippen molar-refractivity contribution in [3.63, 3.8) is 0 Å². The zero-order chi connectivity index (χ0) is 10.8. The predicted molar refractivity (Wildman–Crippen MR) is 56.0 cm³/mol. The fourth-order valence-corrected chi connectivity index (χ4v) is 1.60. The normalized spacial score (nSPS) is 16.3. The summed E-state index contributed by atoms with van der Waals surface area (Å²) < 4.78 is 5.22. The molecule has 80 valence electrons. The number of aliphatic hydroxyl groups excluding tert-OH is 1. The summed E-state index contributed by atoms with van der Waals surface area (Å²) in [5.74, 6) is 0.542. The Morgan fingerprint density at radius 3 is 3.13 bits per heavy atom. The average Bonchev–Trinajstić information content (AvgIpc) is 2.16. The molecule has 15 heavy (non-hydrogen) atoms. The molecule has 0 saturated carbocycles. The van der Waals surface area contributed by atoms with Gasteiger partial charge < -0.3 is 15.2 Å². The van der Waals surface area contributed by atoms with Crippen LogP contribution in [-0.4, -0.2) is 23.7 Å². The van der Waals surface area contributed by atoms with Crippen LogP contribution in [0, 0.1) is 0 Å². The fraction of sp³-hybridized carbons (Fsp3) is 0.364. The Morgan fingerprint density at radius 2 is 2.40 bits per heavy atom. The molecule has 0 saturated heterocycles. The number of ether oxygens (including phenoxy) is 1. The van der Waals surface area contributed by atoms with Crippen molar-refractivity contribution in [1.29, 1.82) is 0 Å². The fourth-order valence-electron chi connectivity index (χ4n) is 1.60. The largest absolute Gasteiger partial charge is 0.482 e. The van der Waals surface area contributed by atoms with Gasteiger partial charge in [0.15, 0.2) is 6.61 Å². The van der Waals surface area contributed by atoms with E-state index in [1.165, 1.54) is 0 Å². The van der Waals surface area contributed by atoms with E-state index < -0.39 is 0 Å². The lowest BCUT2D eigenvalue weighted by Crippen LogP contribution is -2.25. The minimum Gasteiger partial charge on any atom is -0.482 e. The Labute approximate surface area is 87.9 Å². The molecule has 1 unspecified atom stereocenters. The van der Waals surface area contributed by atoms with Crippen LogP contribution in [0.2, 0.25) is 0 Å². The number of nitrogens with one attached hydrogen (secondary N) is 1. The zero-order valence-electron chi connectivity index (χ0n) is 8.49. The smallest absolute Gasteiger partial charge is 0.262 e. The second-order valence-electron chi connectivity index (χ2n) is 3.72. The number of carbonyl (C=O) groups excluding carboxylic acids is 1. The minimum atomic E-state index is -0.386. The van der Waals surface area contributed by atoms with Crippen LogP contribution in [0.4, 0.5) is 5.69 Å². The second-order valence-corrected chi connectivity index (χ2v) is 3.72. The molecule has 0 aliphatic carbocycles. The molecular formula is C11H13NO3. The molecular weight excluding hydrogens is 194 g/mol. The van der Waals surface area contributed by atoms with Crippen LogP contribution < -0.4 is 10.1 Å². The van der Waals surface area contributed by atoms with Gasteiger partial charge in [0.05, 0.1) is 11.8 Å². The number of hydrogen-bond acceptors (Lipinski definition) is 3. The van der Waals surface area contributed by atoms with E-state index in [1.807, 2.05) is 18.2 Å². The van der Waals surface area contributed by atoms with Gasteiger partial charge in [0.1, 0.15) is 5.75 Å². The molecule has 1 aliphatic rings. The van der Waals surface area contributed by atoms with E-state index in [0.29, 0.717) is 17.9 Å². The molecule has 0 radical (unpaired) electrons. The Hall–Kier alpha value is -1.55. The number of rotatable bonds is 2. The Balaban J connectivity index is 2.24. The summed E-state index contributed by atoms with van der Waals surface area (Å²) in [6.07, 6.45) is 0.187. The van der Waals surface area contributed by atoms with Crippen molar-refractivity contribution >= 4 is 11.6 Å². The molecule has 4 nitrogen and oxygen atoms in total. The second kappa shape index (κ2) is 3.90. The maximum Gasteiger partial charge on any atom is 0.262 e. The van der Waals surface area contributed by atoms with Crippen LogP contribution in [0.5, 0.6) is 5.75 Å². The van der Waals surface area contributed by atoms with Crippen LogP contribution in [0.3, 0.4) is 0 Å². The van der Waals surface area contributed by atoms with E-state index in [2.05, 4.69) is 5.32 Å². The Kier molecular flexibility index (Phi) is 2.60. The third-order valence-electron chi connectivity index (χ3n) is 2.21. The van der Waals surface area contributed by atoms with Crippen molar-refractivity contribution in [2.45, 2.75) is 19.4 Å². The summed E-state index contributed by atoms with van der Waals surface area (Å²) in [4.78, 5) is 11.1. The average molecular weight is 207 g/mol. The number of anilines is 1. The van der Waals surface area contributed by atoms with Crippen molar-refractivity contribution in [3.8, 4) is 5.75 Å². The van der Waals surface area contributed by atoms with Gasteiger partial charge in [-0.3, -0.25) is 4.79 Å². The summed E-state index contributed by atoms with van der Waals surface area (Å²) in [7, 11) is 0. The third-order valence-corrected chi connectivity index (χ3v) is 2.21. The first-order valence-electron chi connectivity index (χ1n) is 4.89. The first-order chi connectivity index (χ1) is 7.15. The molecule has 1 amide bonds. The van der Waals surface area contributed by atoms with Crippen molar-refractivity contribution < 1.29 is 14.6 Å². The molecule has 1 aromatic rings. The van der Waals surface area contributed by atoms with Gasteiger partial charge in [0, 0.05) is 0 Å². The SMILES string of the molecule is CC(O)Cc1ccc2c(c1)NC(=O)CO2. The zero-order valence-corrected chi connectivity index (χ0v) is 8.49. The molecule has 0 fully saturated rings. The van der Waals surface area contributed by atoms with Gasteiger partial charge in [-0.25, -0.2) is 0 Å². The van der Waals surface area contributed by atoms with Crippen LogP contribution in [0.15, 0.2) is 18.2 Å². The summed E-state index contributed by atoms with van der Waals surface area (Å²) in [5.41, 5.74) is 1.67. The van der Waals surface area contributed by atoms with Crippen LogP contribution in [0.1, 0.15) is 12.5 Å². The van der Waals surface area contributed by atoms with Crippen molar-refractivity contribution in [3.05, 3.63) is 23.8 Å². The first kappa shape index (κ1) is 9.98. The quantitative estimate of drug-likeness (QED) is 0.758. The van der Waals surface area contributed by atoms with E-state index in [0.717, 1.165) is 5.56 Å². The summed E-state index contributed by atoms with van der Waals surface area (Å²) >= 11 is 0. The van der Waals surface area contributed by atoms with Gasteiger partial charge in [-0.05, 0) is 31.0 Å². The third kappa shape index (κ3) is 2.27. The first-order valence-corrected chi connectivity index (χ1v) is 4.89. The Bertz CT molecular complexity index is 387. The van der Waals surface area contributed by atoms with E-state index in [-0.39, 0.29) is 18.6 Å². The van der Waals surface area contributed by atoms with Gasteiger partial charge in [-0.1, -0.05) is 6.07 Å². The number of aliphatic hydroxyl groups is 1. The van der Waals surface area contributed by atoms with Gasteiger partial charge >= 0.3 is 0 Å². The van der Waals surface area contributed by atoms with E-state index in [1.54, 1.807) is 6.92 Å². The highest BCUT2D eigenvalue weighted by Crippen LogP contribution is 2.28. The maximum absolute atomic E-state index is 11.1. The number of fused-ring (bicyclic) bond motifs is 1. The summed E-state index contributed by atoms with van der Waals surface area (Å²) in [6.45, 7) is 1.80. The maximum atomic E-state index is 11.1. The Morgan fingerprint density at radius 1 is 1.60 bits per heavy atom. The van der Waals surface area contributed by atoms with Crippen molar-refractivity contribution in [2.24, 2.45) is 0 Å². The van der Waals surface area contributed by atoms with Gasteiger partial charge in [-0.15, -0.1) is 0 Å². The molecule has 2 N–H and O–H groups in total. The lowest BCUT2D eigenvalue weighted by molar-refractivity contribution is -0.118. The molecule has 1 atom stereocenters. The van der Waals surface area contributed by atoms with Crippen LogP contribution in [0.25, 0.3) is 0 Å². The highest BCUT2D eigenvalue weighted by Gasteiger charge is 2.15. The molecule has 0 bridgehead atoms. The van der Waals surface area contributed by atoms with E-state index in [9.17, 15) is 9.90 Å². The van der Waals surface area contributed by atoms with E-state index >= 15 is 0 Å². The highest BCUT2D eigenvalue weighted by molar-refractivity contribution is 5.95. The summed E-state index contributed by atoms with van der Waals surface area (Å²) in [5, 5.41) is 12.0. The van der Waals surface area contributed by atoms with Gasteiger partial charge in [-0.2, -0.15) is 0 Å². The summed E-state index contributed by atoms with van der Waals surface area (Å²) in [6, 6.07) is 5.54. The number of hydrogen-bond donors (Lipinski definition) is 2. The van der Waals surface area contributed by atoms with Crippen LogP contribution in [-0.2, 0) is 11.2 Å². The van der Waals surface area contributed by atoms with Gasteiger partial charge in [0.2, 0.25) is 0 Å². The standard InChI is InChI=1S/C11H13NO3/c1-7(13)4-8-2-3-10-9(5-8)12-11(14)6-15-10/h2-3,5,7,13H,4,6H2,1H3,(H,12,14). The monoisotopic (exact) mass is 207 g/mol. The lowest BCUT2D eigenvalue weighted by atomic mass is 10.1. The number of carbonyl (C=O) groups is 1. The topological polar surface area (TPSA) is 58.6 Å². The molecule has 2 rings (SSSR count). The molecule has 1 aliphatic heterocycles. The molecule has 4 heteroatoms. The van der Waals surface area contributed by atoms with Gasteiger partial charge in [0.25, 0.3) is 5.91 Å².